The molecule has 5 heteroatoms. The second-order valence-corrected chi connectivity index (χ2v) is 6.77. The minimum Gasteiger partial charge on any atom is -0.365 e. The van der Waals surface area contributed by atoms with Gasteiger partial charge in [-0.3, -0.25) is 4.79 Å². The molecule has 1 amide bonds. The van der Waals surface area contributed by atoms with Gasteiger partial charge in [0.05, 0.1) is 26.2 Å². The van der Waals surface area contributed by atoms with Crippen molar-refractivity contribution in [1.29, 1.82) is 5.26 Å². The van der Waals surface area contributed by atoms with Gasteiger partial charge in [-0.15, -0.1) is 0 Å². The number of hydrogen-bond donors (Lipinski definition) is 2. The maximum atomic E-state index is 12.3. The molecule has 0 radical (unpaired) electrons. The second kappa shape index (κ2) is 9.56. The van der Waals surface area contributed by atoms with Crippen LogP contribution < -0.4 is 10.2 Å². The first-order valence-corrected chi connectivity index (χ1v) is 9.30. The van der Waals surface area contributed by atoms with Crippen molar-refractivity contribution >= 4 is 5.91 Å². The number of amides is 1. The quantitative estimate of drug-likeness (QED) is 0.599. The molecular weight excluding hydrogens is 336 g/mol. The van der Waals surface area contributed by atoms with Crippen molar-refractivity contribution in [2.24, 2.45) is 0 Å². The zero-order valence-corrected chi connectivity index (χ0v) is 15.4. The van der Waals surface area contributed by atoms with Gasteiger partial charge >= 0.3 is 0 Å². The van der Waals surface area contributed by atoms with Crippen molar-refractivity contribution < 1.29 is 9.69 Å². The average Bonchev–Trinajstić information content (AvgIpc) is 2.73. The van der Waals surface area contributed by atoms with E-state index in [2.05, 4.69) is 34.5 Å². The molecule has 138 valence electrons. The molecule has 2 N–H and O–H groups in total. The Balaban J connectivity index is 1.49. The number of carbonyl (C=O) groups excluding carboxylic acids is 1. The van der Waals surface area contributed by atoms with E-state index < -0.39 is 0 Å². The highest BCUT2D eigenvalue weighted by molar-refractivity contribution is 5.97. The zero-order valence-electron chi connectivity index (χ0n) is 15.4. The molecule has 2 aromatic carbocycles. The summed E-state index contributed by atoms with van der Waals surface area (Å²) < 4.78 is 0. The van der Waals surface area contributed by atoms with E-state index in [4.69, 9.17) is 0 Å². The number of nitrogens with one attached hydrogen (secondary N) is 2. The molecule has 1 aliphatic rings. The zero-order chi connectivity index (χ0) is 18.9. The third-order valence-corrected chi connectivity index (χ3v) is 4.77. The van der Waals surface area contributed by atoms with Gasteiger partial charge in [-0.25, -0.2) is 0 Å². The Hall–Kier alpha value is -3.10. The maximum Gasteiger partial charge on any atom is 0.263 e. The van der Waals surface area contributed by atoms with Crippen molar-refractivity contribution in [1.82, 2.24) is 10.2 Å². The van der Waals surface area contributed by atoms with E-state index in [0.717, 1.165) is 38.3 Å². The summed E-state index contributed by atoms with van der Waals surface area (Å²) in [5.74, 6) is -0.319. The van der Waals surface area contributed by atoms with Gasteiger partial charge in [-0.2, -0.15) is 5.26 Å². The van der Waals surface area contributed by atoms with Crippen molar-refractivity contribution in [3.05, 3.63) is 83.6 Å². The lowest BCUT2D eigenvalue weighted by molar-refractivity contribution is -0.917. The molecule has 3 rings (SSSR count). The molecule has 0 unspecified atom stereocenters. The molecule has 1 fully saturated rings. The number of nitriles is 1. The molecule has 1 saturated heterocycles. The van der Waals surface area contributed by atoms with Crippen molar-refractivity contribution in [2.75, 3.05) is 26.2 Å². The molecule has 0 atom stereocenters. The summed E-state index contributed by atoms with van der Waals surface area (Å²) in [6.07, 6.45) is 1.71. The summed E-state index contributed by atoms with van der Waals surface area (Å²) in [6, 6.07) is 22.2. The molecule has 1 heterocycles. The predicted octanol–water partition coefficient (Wildman–Crippen LogP) is 1.11. The summed E-state index contributed by atoms with van der Waals surface area (Å²) in [4.78, 5) is 15.9. The summed E-state index contributed by atoms with van der Waals surface area (Å²) in [5.41, 5.74) is 2.52. The Morgan fingerprint density at radius 3 is 2.22 bits per heavy atom. The number of benzene rings is 2. The number of carbonyl (C=O) groups is 1. The first-order valence-electron chi connectivity index (χ1n) is 9.30. The maximum absolute atomic E-state index is 12.3. The van der Waals surface area contributed by atoms with E-state index in [-0.39, 0.29) is 11.5 Å². The van der Waals surface area contributed by atoms with Gasteiger partial charge in [0.15, 0.2) is 0 Å². The van der Waals surface area contributed by atoms with Crippen LogP contribution in [0, 0.1) is 11.3 Å². The minimum atomic E-state index is -0.319. The normalized spacial score (nSPS) is 15.2. The number of piperazine rings is 1. The molecular formula is C22H25N4O+. The first kappa shape index (κ1) is 18.7. The first-order chi connectivity index (χ1) is 13.2. The highest BCUT2D eigenvalue weighted by Gasteiger charge is 2.20. The van der Waals surface area contributed by atoms with Gasteiger partial charge in [-0.05, 0) is 5.56 Å². The SMILES string of the molecule is N#C/C(=C\N1CC[NH+](Cc2ccccc2)CC1)C(=O)NCc1ccccc1. The molecule has 0 aromatic heterocycles. The largest absolute Gasteiger partial charge is 0.365 e. The van der Waals surface area contributed by atoms with Crippen LogP contribution >= 0.6 is 0 Å². The highest BCUT2D eigenvalue weighted by Crippen LogP contribution is 2.02. The smallest absolute Gasteiger partial charge is 0.263 e. The summed E-state index contributed by atoms with van der Waals surface area (Å²) in [7, 11) is 0. The second-order valence-electron chi connectivity index (χ2n) is 6.77. The van der Waals surface area contributed by atoms with Gasteiger partial charge < -0.3 is 15.1 Å². The number of hydrogen-bond acceptors (Lipinski definition) is 3. The Bertz CT molecular complexity index is 803. The van der Waals surface area contributed by atoms with Gasteiger partial charge in [0.1, 0.15) is 18.2 Å². The van der Waals surface area contributed by atoms with Crippen molar-refractivity contribution in [3.63, 3.8) is 0 Å². The molecule has 0 bridgehead atoms. The van der Waals surface area contributed by atoms with Crippen LogP contribution in [0.4, 0.5) is 0 Å². The van der Waals surface area contributed by atoms with Crippen LogP contribution in [0.1, 0.15) is 11.1 Å². The molecule has 1 aliphatic heterocycles. The van der Waals surface area contributed by atoms with Crippen LogP contribution in [-0.4, -0.2) is 37.0 Å². The summed E-state index contributed by atoms with van der Waals surface area (Å²) in [6.45, 7) is 5.12. The lowest BCUT2D eigenvalue weighted by Crippen LogP contribution is -3.13. The fraction of sp³-hybridized carbons (Fsp3) is 0.273. The fourth-order valence-electron chi connectivity index (χ4n) is 3.22. The minimum absolute atomic E-state index is 0.164. The van der Waals surface area contributed by atoms with E-state index in [1.165, 1.54) is 10.5 Å². The Kier molecular flexibility index (Phi) is 6.61. The monoisotopic (exact) mass is 361 g/mol. The van der Waals surface area contributed by atoms with Gasteiger partial charge in [0.2, 0.25) is 0 Å². The fourth-order valence-corrected chi connectivity index (χ4v) is 3.22. The Morgan fingerprint density at radius 2 is 1.63 bits per heavy atom. The van der Waals surface area contributed by atoms with Crippen molar-refractivity contribution in [2.45, 2.75) is 13.1 Å². The van der Waals surface area contributed by atoms with Gasteiger partial charge in [-0.1, -0.05) is 60.7 Å². The third kappa shape index (κ3) is 5.70. The number of quaternary nitrogens is 1. The van der Waals surface area contributed by atoms with E-state index >= 15 is 0 Å². The van der Waals surface area contributed by atoms with E-state index in [9.17, 15) is 10.1 Å². The van der Waals surface area contributed by atoms with E-state index in [1.807, 2.05) is 42.5 Å². The van der Waals surface area contributed by atoms with Gasteiger partial charge in [0.25, 0.3) is 5.91 Å². The Morgan fingerprint density at radius 1 is 1.04 bits per heavy atom. The lowest BCUT2D eigenvalue weighted by Gasteiger charge is -2.31. The molecule has 0 spiro atoms. The van der Waals surface area contributed by atoms with E-state index in [1.54, 1.807) is 6.20 Å². The molecule has 2 aromatic rings. The Labute approximate surface area is 160 Å². The molecule has 27 heavy (non-hydrogen) atoms. The number of nitrogens with zero attached hydrogens (tertiary/aromatic N) is 2. The molecule has 5 nitrogen and oxygen atoms in total. The third-order valence-electron chi connectivity index (χ3n) is 4.77. The lowest BCUT2D eigenvalue weighted by atomic mass is 10.2. The van der Waals surface area contributed by atoms with E-state index in [0.29, 0.717) is 6.54 Å². The van der Waals surface area contributed by atoms with Crippen LogP contribution in [0.15, 0.2) is 72.4 Å². The highest BCUT2D eigenvalue weighted by atomic mass is 16.1. The topological polar surface area (TPSA) is 60.6 Å². The molecule has 0 aliphatic carbocycles. The van der Waals surface area contributed by atoms with Crippen LogP contribution in [0.3, 0.4) is 0 Å². The van der Waals surface area contributed by atoms with Crippen LogP contribution in [-0.2, 0) is 17.9 Å². The average molecular weight is 361 g/mol. The summed E-state index contributed by atoms with van der Waals surface area (Å²) in [5, 5.41) is 12.2. The van der Waals surface area contributed by atoms with Crippen LogP contribution in [0.5, 0.6) is 0 Å². The van der Waals surface area contributed by atoms with Gasteiger partial charge in [0, 0.05) is 18.3 Å². The van der Waals surface area contributed by atoms with Crippen molar-refractivity contribution in [3.8, 4) is 6.07 Å². The van der Waals surface area contributed by atoms with Crippen LogP contribution in [0.2, 0.25) is 0 Å². The summed E-state index contributed by atoms with van der Waals surface area (Å²) >= 11 is 0. The van der Waals surface area contributed by atoms with Crippen LogP contribution in [0.25, 0.3) is 0 Å². The molecule has 0 saturated carbocycles. The standard InChI is InChI=1S/C22H24N4O/c23-15-21(22(27)24-16-19-7-3-1-4-8-19)18-26-13-11-25(12-14-26)17-20-9-5-2-6-10-20/h1-10,18H,11-14,16-17H2,(H,24,27)/p+1/b21-18+. The predicted molar refractivity (Wildman–Crippen MR) is 104 cm³/mol. The number of rotatable bonds is 6.